The van der Waals surface area contributed by atoms with Crippen molar-refractivity contribution < 1.29 is 58.8 Å². The molecule has 0 aliphatic heterocycles. The molecule has 0 unspecified atom stereocenters. The van der Waals surface area contributed by atoms with Crippen LogP contribution in [0.25, 0.3) is 0 Å². The van der Waals surface area contributed by atoms with Crippen molar-refractivity contribution in [3.63, 3.8) is 0 Å². The second-order valence-corrected chi connectivity index (χ2v) is 1.34. The topological polar surface area (TPSA) is 74.6 Å². The Hall–Kier alpha value is 1.23. The van der Waals surface area contributed by atoms with Crippen LogP contribution in [-0.4, -0.2) is 17.5 Å². The van der Waals surface area contributed by atoms with E-state index in [0.717, 1.165) is 0 Å². The van der Waals surface area contributed by atoms with Crippen molar-refractivity contribution in [1.29, 1.82) is 0 Å². The van der Waals surface area contributed by atoms with Crippen molar-refractivity contribution in [3.8, 4) is 0 Å². The number of rotatable bonds is 0. The van der Waals surface area contributed by atoms with Crippen molar-refractivity contribution in [1.82, 2.24) is 0 Å². The smallest absolute Gasteiger partial charge is 0.264 e. The molecule has 0 aliphatic carbocycles. The largest absolute Gasteiger partial charge is 0.394 e. The predicted molar refractivity (Wildman–Crippen MR) is 14.2 cm³/mol. The molecule has 0 amide bonds. The summed E-state index contributed by atoms with van der Waals surface area (Å²) in [7, 11) is -4.67. The van der Waals surface area contributed by atoms with Crippen LogP contribution < -0.4 is 0 Å². The molecular weight excluding hydrogens is 237 g/mol. The van der Waals surface area contributed by atoms with Gasteiger partial charge in [0.1, 0.15) is 0 Å². The van der Waals surface area contributed by atoms with Gasteiger partial charge in [0, 0.05) is 41.3 Å². The first-order valence-electron chi connectivity index (χ1n) is 0.698. The minimum absolute atomic E-state index is 0. The molecule has 0 heterocycles. The van der Waals surface area contributed by atoms with E-state index in [1.54, 1.807) is 0 Å². The Labute approximate surface area is 68.5 Å². The Morgan fingerprint density at radius 3 is 1.17 bits per heavy atom. The SMILES string of the molecule is O=S(=O)(O)O.[Pr]. The van der Waals surface area contributed by atoms with E-state index in [4.69, 9.17) is 17.5 Å². The third kappa shape index (κ3) is 61.6. The molecule has 0 fully saturated rings. The summed E-state index contributed by atoms with van der Waals surface area (Å²) >= 11 is 0. The molecular formula is H2O4PrS. The van der Waals surface area contributed by atoms with Crippen LogP contribution >= 0.6 is 0 Å². The van der Waals surface area contributed by atoms with Gasteiger partial charge >= 0.3 is 10.4 Å². The molecule has 1 radical (unpaired) electrons. The van der Waals surface area contributed by atoms with Crippen LogP contribution in [0.15, 0.2) is 0 Å². The molecule has 6 heteroatoms. The first kappa shape index (κ1) is 10.3. The van der Waals surface area contributed by atoms with Gasteiger partial charge in [0.25, 0.3) is 0 Å². The monoisotopic (exact) mass is 239 g/mol. The van der Waals surface area contributed by atoms with Gasteiger partial charge in [0.05, 0.1) is 0 Å². The molecule has 0 bridgehead atoms. The molecule has 0 saturated carbocycles. The van der Waals surface area contributed by atoms with Gasteiger partial charge in [-0.25, -0.2) is 0 Å². The van der Waals surface area contributed by atoms with Crippen LogP contribution in [0.3, 0.4) is 0 Å². The van der Waals surface area contributed by atoms with Crippen molar-refractivity contribution in [2.75, 3.05) is 0 Å². The molecule has 0 rings (SSSR count). The molecule has 0 atom stereocenters. The summed E-state index contributed by atoms with van der Waals surface area (Å²) in [6.07, 6.45) is 0. The standard InChI is InChI=1S/H2O4S.Pr/c1-5(2,3)4;/h(H2,1,2,3,4);. The zero-order valence-electron chi connectivity index (χ0n) is 2.70. The van der Waals surface area contributed by atoms with Crippen LogP contribution in [0.5, 0.6) is 0 Å². The van der Waals surface area contributed by atoms with Gasteiger partial charge in [-0.3, -0.25) is 9.11 Å². The maximum Gasteiger partial charge on any atom is 0.394 e. The summed E-state index contributed by atoms with van der Waals surface area (Å²) < 4.78 is 31.6. The normalized spacial score (nSPS) is 9.67. The Morgan fingerprint density at radius 2 is 1.17 bits per heavy atom. The van der Waals surface area contributed by atoms with E-state index >= 15 is 0 Å². The Balaban J connectivity index is 0. The van der Waals surface area contributed by atoms with E-state index in [1.807, 2.05) is 0 Å². The van der Waals surface area contributed by atoms with Gasteiger partial charge in [-0.1, -0.05) is 0 Å². The zero-order valence-corrected chi connectivity index (χ0v) is 7.22. The van der Waals surface area contributed by atoms with Crippen molar-refractivity contribution in [2.24, 2.45) is 0 Å². The molecule has 6 heavy (non-hydrogen) atoms. The second kappa shape index (κ2) is 3.26. The first-order valence-corrected chi connectivity index (χ1v) is 2.10. The van der Waals surface area contributed by atoms with Gasteiger partial charge in [0.2, 0.25) is 0 Å². The maximum atomic E-state index is 8.74. The van der Waals surface area contributed by atoms with Gasteiger partial charge in [0.15, 0.2) is 0 Å². The quantitative estimate of drug-likeness (QED) is 0.550. The van der Waals surface area contributed by atoms with E-state index in [2.05, 4.69) is 0 Å². The molecule has 2 N–H and O–H groups in total. The minimum atomic E-state index is -4.67. The number of hydrogen-bond donors (Lipinski definition) is 2. The Kier molecular flexibility index (Phi) is 5.58. The molecule has 0 spiro atoms. The third-order valence-corrected chi connectivity index (χ3v) is 0. The Morgan fingerprint density at radius 1 is 1.17 bits per heavy atom. The molecule has 0 aliphatic rings. The molecule has 0 aromatic carbocycles. The van der Waals surface area contributed by atoms with Gasteiger partial charge in [-0.2, -0.15) is 8.42 Å². The fraction of sp³-hybridized carbons (Fsp3) is 0. The van der Waals surface area contributed by atoms with Gasteiger partial charge in [-0.05, 0) is 0 Å². The van der Waals surface area contributed by atoms with E-state index in [0.29, 0.717) is 0 Å². The summed E-state index contributed by atoms with van der Waals surface area (Å²) in [4.78, 5) is 0. The fourth-order valence-electron chi connectivity index (χ4n) is 0. The van der Waals surface area contributed by atoms with Gasteiger partial charge in [-0.15, -0.1) is 0 Å². The molecule has 35 valence electrons. The predicted octanol–water partition coefficient (Wildman–Crippen LogP) is -0.653. The molecule has 0 saturated heterocycles. The summed E-state index contributed by atoms with van der Waals surface area (Å²) in [5.74, 6) is 0. The third-order valence-electron chi connectivity index (χ3n) is 0. The Bertz CT molecular complexity index is 90.7. The maximum absolute atomic E-state index is 8.74. The molecule has 0 aromatic rings. The van der Waals surface area contributed by atoms with E-state index in [1.165, 1.54) is 0 Å². The van der Waals surface area contributed by atoms with Crippen molar-refractivity contribution >= 4 is 10.4 Å². The zero-order chi connectivity index (χ0) is 4.50. The van der Waals surface area contributed by atoms with Crippen molar-refractivity contribution in [3.05, 3.63) is 0 Å². The molecule has 0 aromatic heterocycles. The van der Waals surface area contributed by atoms with Crippen molar-refractivity contribution in [2.45, 2.75) is 0 Å². The minimum Gasteiger partial charge on any atom is -0.264 e. The first-order chi connectivity index (χ1) is 2.00. The van der Waals surface area contributed by atoms with Crippen LogP contribution in [0.2, 0.25) is 0 Å². The van der Waals surface area contributed by atoms with Gasteiger partial charge < -0.3 is 0 Å². The second-order valence-electron chi connectivity index (χ2n) is 0.448. The van der Waals surface area contributed by atoms with E-state index < -0.39 is 10.4 Å². The number of hydrogen-bond acceptors (Lipinski definition) is 2. The van der Waals surface area contributed by atoms with Crippen LogP contribution in [-0.2, 0) is 10.4 Å². The fourth-order valence-corrected chi connectivity index (χ4v) is 0. The van der Waals surface area contributed by atoms with E-state index in [9.17, 15) is 0 Å². The van der Waals surface area contributed by atoms with Crippen LogP contribution in [0, 0.1) is 41.3 Å². The average Bonchev–Trinajstić information content (AvgIpc) is 0.722. The summed E-state index contributed by atoms with van der Waals surface area (Å²) in [5, 5.41) is 0. The average molecular weight is 239 g/mol. The molecule has 4 nitrogen and oxygen atoms in total. The van der Waals surface area contributed by atoms with Crippen LogP contribution in [0.4, 0.5) is 0 Å². The summed E-state index contributed by atoms with van der Waals surface area (Å²) in [5.41, 5.74) is 0. The van der Waals surface area contributed by atoms with E-state index in [-0.39, 0.29) is 41.3 Å². The van der Waals surface area contributed by atoms with Crippen LogP contribution in [0.1, 0.15) is 0 Å². The summed E-state index contributed by atoms with van der Waals surface area (Å²) in [6.45, 7) is 0. The summed E-state index contributed by atoms with van der Waals surface area (Å²) in [6, 6.07) is 0.